The first kappa shape index (κ1) is 13.4. The van der Waals surface area contributed by atoms with Crippen molar-refractivity contribution in [2.75, 3.05) is 26.3 Å². The Morgan fingerprint density at radius 2 is 2.28 bits per heavy atom. The van der Waals surface area contributed by atoms with Crippen LogP contribution < -0.4 is 10.1 Å². The summed E-state index contributed by atoms with van der Waals surface area (Å²) < 4.78 is 11.3. The minimum Gasteiger partial charge on any atom is -0.492 e. The lowest BCUT2D eigenvalue weighted by molar-refractivity contribution is 0.109. The molecule has 1 aromatic carbocycles. The molecule has 0 bridgehead atoms. The smallest absolute Gasteiger partial charge is 0.122 e. The van der Waals surface area contributed by atoms with Crippen LogP contribution >= 0.6 is 0 Å². The van der Waals surface area contributed by atoms with E-state index >= 15 is 0 Å². The number of hydrogen-bond acceptors (Lipinski definition) is 3. The number of ether oxygens (including phenoxy) is 2. The number of benzene rings is 1. The van der Waals surface area contributed by atoms with E-state index in [9.17, 15) is 0 Å². The molecule has 100 valence electrons. The van der Waals surface area contributed by atoms with Gasteiger partial charge in [-0.25, -0.2) is 0 Å². The quantitative estimate of drug-likeness (QED) is 0.753. The Bertz CT molecular complexity index is 348. The van der Waals surface area contributed by atoms with E-state index in [0.29, 0.717) is 12.7 Å². The van der Waals surface area contributed by atoms with Crippen molar-refractivity contribution in [3.63, 3.8) is 0 Å². The molecule has 1 N–H and O–H groups in total. The third-order valence-electron chi connectivity index (χ3n) is 3.29. The Morgan fingerprint density at radius 3 is 3.06 bits per heavy atom. The van der Waals surface area contributed by atoms with Gasteiger partial charge >= 0.3 is 0 Å². The van der Waals surface area contributed by atoms with E-state index in [4.69, 9.17) is 9.47 Å². The van der Waals surface area contributed by atoms with Gasteiger partial charge in [0.05, 0.1) is 6.10 Å². The van der Waals surface area contributed by atoms with Crippen molar-refractivity contribution < 1.29 is 9.47 Å². The minimum atomic E-state index is 0.410. The Kier molecular flexibility index (Phi) is 5.49. The molecule has 1 aliphatic heterocycles. The van der Waals surface area contributed by atoms with Gasteiger partial charge in [0.2, 0.25) is 0 Å². The molecule has 1 heterocycles. The van der Waals surface area contributed by atoms with Gasteiger partial charge in [-0.05, 0) is 30.9 Å². The summed E-state index contributed by atoms with van der Waals surface area (Å²) >= 11 is 0. The molecule has 0 aliphatic carbocycles. The third-order valence-corrected chi connectivity index (χ3v) is 3.29. The van der Waals surface area contributed by atoms with Crippen LogP contribution in [0.15, 0.2) is 24.3 Å². The van der Waals surface area contributed by atoms with E-state index in [1.807, 2.05) is 12.1 Å². The van der Waals surface area contributed by atoms with Crippen molar-refractivity contribution in [2.24, 2.45) is 0 Å². The van der Waals surface area contributed by atoms with Gasteiger partial charge in [-0.2, -0.15) is 0 Å². The molecule has 0 radical (unpaired) electrons. The van der Waals surface area contributed by atoms with Crippen molar-refractivity contribution in [1.29, 1.82) is 0 Å². The predicted octanol–water partition coefficient (Wildman–Crippen LogP) is 2.40. The lowest BCUT2D eigenvalue weighted by Crippen LogP contribution is -2.29. The first-order valence-corrected chi connectivity index (χ1v) is 6.93. The van der Waals surface area contributed by atoms with Gasteiger partial charge in [-0.1, -0.05) is 25.1 Å². The molecule has 1 aliphatic rings. The number of rotatable bonds is 7. The van der Waals surface area contributed by atoms with Gasteiger partial charge < -0.3 is 14.8 Å². The standard InChI is InChI=1S/C15H23NO2/c1-2-13-6-3-4-8-15(13)18-11-9-16-12-14-7-5-10-17-14/h3-4,6,8,14,16H,2,5,7,9-12H2,1H3. The second-order valence-electron chi connectivity index (χ2n) is 4.65. The summed E-state index contributed by atoms with van der Waals surface area (Å²) in [5.74, 6) is 1.01. The molecule has 2 rings (SSSR count). The minimum absolute atomic E-state index is 0.410. The highest BCUT2D eigenvalue weighted by Gasteiger charge is 2.14. The maximum atomic E-state index is 5.79. The zero-order valence-electron chi connectivity index (χ0n) is 11.2. The molecule has 1 saturated heterocycles. The maximum Gasteiger partial charge on any atom is 0.122 e. The predicted molar refractivity (Wildman–Crippen MR) is 73.2 cm³/mol. The second-order valence-corrected chi connectivity index (χ2v) is 4.65. The molecule has 0 aromatic heterocycles. The number of para-hydroxylation sites is 1. The molecule has 1 unspecified atom stereocenters. The van der Waals surface area contributed by atoms with Gasteiger partial charge in [0.15, 0.2) is 0 Å². The van der Waals surface area contributed by atoms with Gasteiger partial charge in [0.1, 0.15) is 12.4 Å². The summed E-state index contributed by atoms with van der Waals surface area (Å²) in [6, 6.07) is 8.24. The summed E-state index contributed by atoms with van der Waals surface area (Å²) in [6.45, 7) is 5.60. The first-order chi connectivity index (χ1) is 8.90. The second kappa shape index (κ2) is 7.39. The fraction of sp³-hybridized carbons (Fsp3) is 0.600. The van der Waals surface area contributed by atoms with Crippen LogP contribution in [-0.4, -0.2) is 32.4 Å². The van der Waals surface area contributed by atoms with Crippen LogP contribution in [0.25, 0.3) is 0 Å². The molecule has 1 fully saturated rings. The van der Waals surface area contributed by atoms with Crippen LogP contribution in [0.1, 0.15) is 25.3 Å². The Morgan fingerprint density at radius 1 is 1.39 bits per heavy atom. The fourth-order valence-electron chi connectivity index (χ4n) is 2.24. The largest absolute Gasteiger partial charge is 0.492 e. The van der Waals surface area contributed by atoms with Gasteiger partial charge in [-0.3, -0.25) is 0 Å². The highest BCUT2D eigenvalue weighted by Crippen LogP contribution is 2.17. The van der Waals surface area contributed by atoms with Crippen LogP contribution in [0.2, 0.25) is 0 Å². The summed E-state index contributed by atoms with van der Waals surface area (Å²) in [5.41, 5.74) is 1.27. The van der Waals surface area contributed by atoms with E-state index in [-0.39, 0.29) is 0 Å². The third kappa shape index (κ3) is 4.00. The molecule has 1 aromatic rings. The highest BCUT2D eigenvalue weighted by molar-refractivity contribution is 5.33. The van der Waals surface area contributed by atoms with E-state index in [1.165, 1.54) is 18.4 Å². The molecule has 0 spiro atoms. The first-order valence-electron chi connectivity index (χ1n) is 6.93. The molecular weight excluding hydrogens is 226 g/mol. The normalized spacial score (nSPS) is 19.1. The summed E-state index contributed by atoms with van der Waals surface area (Å²) in [4.78, 5) is 0. The topological polar surface area (TPSA) is 30.5 Å². The number of nitrogens with one attached hydrogen (secondary N) is 1. The molecule has 0 amide bonds. The van der Waals surface area contributed by atoms with Crippen LogP contribution in [0, 0.1) is 0 Å². The van der Waals surface area contributed by atoms with Crippen molar-refractivity contribution in [1.82, 2.24) is 5.32 Å². The monoisotopic (exact) mass is 249 g/mol. The Hall–Kier alpha value is -1.06. The summed E-state index contributed by atoms with van der Waals surface area (Å²) in [7, 11) is 0. The van der Waals surface area contributed by atoms with Crippen LogP contribution in [0.5, 0.6) is 5.75 Å². The average molecular weight is 249 g/mol. The van der Waals surface area contributed by atoms with Crippen molar-refractivity contribution in [3.05, 3.63) is 29.8 Å². The van der Waals surface area contributed by atoms with Gasteiger partial charge in [-0.15, -0.1) is 0 Å². The number of aryl methyl sites for hydroxylation is 1. The van der Waals surface area contributed by atoms with E-state index in [1.54, 1.807) is 0 Å². The molecular formula is C15H23NO2. The van der Waals surface area contributed by atoms with Crippen LogP contribution in [0.4, 0.5) is 0 Å². The zero-order chi connectivity index (χ0) is 12.6. The zero-order valence-corrected chi connectivity index (χ0v) is 11.2. The van der Waals surface area contributed by atoms with E-state index < -0.39 is 0 Å². The van der Waals surface area contributed by atoms with Gasteiger partial charge in [0.25, 0.3) is 0 Å². The molecule has 3 heteroatoms. The Balaban J connectivity index is 1.62. The Labute approximate surface area is 109 Å². The fourth-order valence-corrected chi connectivity index (χ4v) is 2.24. The van der Waals surface area contributed by atoms with Crippen molar-refractivity contribution in [2.45, 2.75) is 32.3 Å². The molecule has 3 nitrogen and oxygen atoms in total. The highest BCUT2D eigenvalue weighted by atomic mass is 16.5. The van der Waals surface area contributed by atoms with Crippen LogP contribution in [-0.2, 0) is 11.2 Å². The lowest BCUT2D eigenvalue weighted by atomic mass is 10.1. The molecule has 18 heavy (non-hydrogen) atoms. The molecule has 1 atom stereocenters. The van der Waals surface area contributed by atoms with Crippen LogP contribution in [0.3, 0.4) is 0 Å². The van der Waals surface area contributed by atoms with E-state index in [0.717, 1.165) is 31.9 Å². The molecule has 0 saturated carbocycles. The lowest BCUT2D eigenvalue weighted by Gasteiger charge is -2.12. The van der Waals surface area contributed by atoms with Crippen molar-refractivity contribution in [3.8, 4) is 5.75 Å². The number of hydrogen-bond donors (Lipinski definition) is 1. The maximum absolute atomic E-state index is 5.79. The summed E-state index contributed by atoms with van der Waals surface area (Å²) in [5, 5.41) is 3.39. The average Bonchev–Trinajstić information content (AvgIpc) is 2.92. The summed E-state index contributed by atoms with van der Waals surface area (Å²) in [6.07, 6.45) is 3.81. The van der Waals surface area contributed by atoms with Crippen molar-refractivity contribution >= 4 is 0 Å². The van der Waals surface area contributed by atoms with E-state index in [2.05, 4.69) is 24.4 Å². The van der Waals surface area contributed by atoms with Gasteiger partial charge in [0, 0.05) is 19.7 Å². The SMILES string of the molecule is CCc1ccccc1OCCNCC1CCCO1.